The molecule has 0 radical (unpaired) electrons. The van der Waals surface area contributed by atoms with E-state index >= 15 is 0 Å². The fourth-order valence-electron chi connectivity index (χ4n) is 4.62. The van der Waals surface area contributed by atoms with Crippen molar-refractivity contribution in [2.45, 2.75) is 105 Å². The molecule has 0 rings (SSSR count). The molecule has 0 aliphatic rings. The third kappa shape index (κ3) is 3.56. The van der Waals surface area contributed by atoms with E-state index in [1.165, 1.54) is 0 Å². The van der Waals surface area contributed by atoms with Gasteiger partial charge in [-0.2, -0.15) is 0 Å². The van der Waals surface area contributed by atoms with Gasteiger partial charge in [0.15, 0.2) is 0 Å². The second-order valence-corrected chi connectivity index (χ2v) is 99.5. The van der Waals surface area contributed by atoms with Gasteiger partial charge < -0.3 is 0 Å². The maximum absolute atomic E-state index is 2.91. The van der Waals surface area contributed by atoms with E-state index in [1.807, 2.05) is 0 Å². The van der Waals surface area contributed by atoms with Gasteiger partial charge in [0.25, 0.3) is 0 Å². The zero-order valence-electron chi connectivity index (χ0n) is 20.2. The summed E-state index contributed by atoms with van der Waals surface area (Å²) < 4.78 is 0. The molecule has 0 heterocycles. The van der Waals surface area contributed by atoms with Crippen LogP contribution in [0, 0.1) is 0 Å². The summed E-state index contributed by atoms with van der Waals surface area (Å²) in [5, 5.41) is 0. The molecule has 0 saturated carbocycles. The Morgan fingerprint density at radius 1 is 0.333 bits per heavy atom. The Hall–Kier alpha value is 1.74. The molecule has 0 unspecified atom stereocenters. The lowest BCUT2D eigenvalue weighted by molar-refractivity contribution is 1.75. The molecule has 0 amide bonds. The van der Waals surface area contributed by atoms with Crippen LogP contribution in [0.4, 0.5) is 0 Å². The predicted octanol–water partition coefficient (Wildman–Crippen LogP) is 5.76. The van der Waals surface area contributed by atoms with Crippen LogP contribution in [-0.4, -0.2) is 59.3 Å². The van der Waals surface area contributed by atoms with Gasteiger partial charge in [0.2, 0.25) is 0 Å². The highest BCUT2D eigenvalue weighted by Gasteiger charge is 2.66. The molecule has 0 aromatic heterocycles. The van der Waals surface area contributed by atoms with Gasteiger partial charge in [-0.15, -0.1) is 0 Å². The first kappa shape index (κ1) is 25.7. The van der Waals surface area contributed by atoms with Crippen molar-refractivity contribution in [1.82, 2.24) is 0 Å². The SMILES string of the molecule is C[SiH](C)[Si](C)(C)[Si](C)(C)[Si](C)(C)[Si](C)(C)[Si](C)(C)[Si](C)(C)[SiH](C)C. The van der Waals surface area contributed by atoms with Crippen molar-refractivity contribution in [1.29, 1.82) is 0 Å². The Balaban J connectivity index is 6.38. The fourth-order valence-corrected chi connectivity index (χ4v) is 225. The molecule has 0 bridgehead atoms. The Morgan fingerprint density at radius 3 is 0.625 bits per heavy atom. The van der Waals surface area contributed by atoms with Gasteiger partial charge in [-0.25, -0.2) is 0 Å². The minimum absolute atomic E-state index is 0.499. The largest absolute Gasteiger partial charge is 0.0743 e. The Morgan fingerprint density at radius 2 is 0.500 bits per heavy atom. The summed E-state index contributed by atoms with van der Waals surface area (Å²) in [4.78, 5) is 0. The molecule has 8 heteroatoms. The molecule has 0 N–H and O–H groups in total. The lowest BCUT2D eigenvalue weighted by atomic mass is 11.9. The monoisotopic (exact) mass is 466 g/mol. The highest BCUT2D eigenvalue weighted by atomic mass is 30.1. The molecule has 0 aromatic carbocycles. The van der Waals surface area contributed by atoms with Crippen LogP contribution < -0.4 is 0 Å². The molecular weight excluding hydrogens is 417 g/mol. The summed E-state index contributed by atoms with van der Waals surface area (Å²) in [6, 6.07) is 0. The molecule has 0 saturated heterocycles. The first-order chi connectivity index (χ1) is 10.1. The standard InChI is InChI=1S/C16H50Si8/c1-17(2)19(5,6)21(9,10)23(13,14)24(15,16)22(11,12)20(7,8)18(3)4/h17-18H,1-16H3. The van der Waals surface area contributed by atoms with Crippen LogP contribution in [0.15, 0.2) is 0 Å². The van der Waals surface area contributed by atoms with Crippen LogP contribution >= 0.6 is 0 Å². The summed E-state index contributed by atoms with van der Waals surface area (Å²) in [5.41, 5.74) is 0. The maximum atomic E-state index is 2.91. The normalized spacial score (nSPS) is 16.2. The van der Waals surface area contributed by atoms with Crippen LogP contribution in [0.5, 0.6) is 0 Å². The second-order valence-electron chi connectivity index (χ2n) is 12.3. The van der Waals surface area contributed by atoms with E-state index in [-0.39, 0.29) is 0 Å². The zero-order chi connectivity index (χ0) is 20.2. The average Bonchev–Trinajstić information content (AvgIpc) is 2.36. The summed E-state index contributed by atoms with van der Waals surface area (Å²) in [6.45, 7) is 45.2. The summed E-state index contributed by atoms with van der Waals surface area (Å²) in [6.07, 6.45) is 0. The lowest BCUT2D eigenvalue weighted by Crippen LogP contribution is -2.90. The summed E-state index contributed by atoms with van der Waals surface area (Å²) >= 11 is 0. The Kier molecular flexibility index (Phi) is 7.81. The van der Waals surface area contributed by atoms with Gasteiger partial charge >= 0.3 is 0 Å². The maximum Gasteiger partial charge on any atom is 0.0307 e. The number of rotatable bonds is 7. The van der Waals surface area contributed by atoms with E-state index in [0.29, 0.717) is 0 Å². The molecule has 0 aliphatic heterocycles. The Bertz CT molecular complexity index is 405. The molecule has 0 aliphatic carbocycles. The highest BCUT2D eigenvalue weighted by molar-refractivity contribution is 8.02. The third-order valence-corrected chi connectivity index (χ3v) is 178. The van der Waals surface area contributed by atoms with E-state index in [2.05, 4.69) is 105 Å². The fraction of sp³-hybridized carbons (Fsp3) is 1.00. The van der Waals surface area contributed by atoms with Crippen molar-refractivity contribution in [3.63, 3.8) is 0 Å². The van der Waals surface area contributed by atoms with Crippen LogP contribution in [0.2, 0.25) is 105 Å². The summed E-state index contributed by atoms with van der Waals surface area (Å²) in [5.74, 6) is 0. The zero-order valence-corrected chi connectivity index (χ0v) is 28.5. The van der Waals surface area contributed by atoms with Crippen molar-refractivity contribution in [2.75, 3.05) is 0 Å². The molecule has 0 fully saturated rings. The quantitative estimate of drug-likeness (QED) is 0.418. The van der Waals surface area contributed by atoms with Gasteiger partial charge in [-0.05, 0) is 0 Å². The van der Waals surface area contributed by atoms with Gasteiger partial charge in [0.05, 0.1) is 0 Å². The van der Waals surface area contributed by atoms with Crippen LogP contribution in [-0.2, 0) is 0 Å². The van der Waals surface area contributed by atoms with Gasteiger partial charge in [0.1, 0.15) is 0 Å². The van der Waals surface area contributed by atoms with Crippen molar-refractivity contribution in [2.24, 2.45) is 0 Å². The van der Waals surface area contributed by atoms with Gasteiger partial charge in [0, 0.05) is 59.3 Å². The smallest absolute Gasteiger partial charge is 0.0307 e. The molecule has 24 heavy (non-hydrogen) atoms. The number of hydrogen-bond donors (Lipinski definition) is 0. The van der Waals surface area contributed by atoms with Gasteiger partial charge in [-0.3, -0.25) is 0 Å². The van der Waals surface area contributed by atoms with E-state index in [9.17, 15) is 0 Å². The molecule has 0 aromatic rings. The average molecular weight is 467 g/mol. The molecule has 0 spiro atoms. The van der Waals surface area contributed by atoms with Crippen LogP contribution in [0.1, 0.15) is 0 Å². The molecule has 0 atom stereocenters. The first-order valence-electron chi connectivity index (χ1n) is 10.1. The van der Waals surface area contributed by atoms with Crippen molar-refractivity contribution in [3.8, 4) is 0 Å². The third-order valence-electron chi connectivity index (χ3n) is 10.8. The van der Waals surface area contributed by atoms with E-state index in [0.717, 1.165) is 0 Å². The van der Waals surface area contributed by atoms with Gasteiger partial charge in [-0.1, -0.05) is 105 Å². The first-order valence-corrected chi connectivity index (χ1v) is 41.4. The van der Waals surface area contributed by atoms with E-state index < -0.39 is 59.3 Å². The highest BCUT2D eigenvalue weighted by Crippen LogP contribution is 2.42. The minimum atomic E-state index is -1.15. The van der Waals surface area contributed by atoms with Crippen molar-refractivity contribution >= 4 is 59.3 Å². The predicted molar refractivity (Wildman–Crippen MR) is 143 cm³/mol. The summed E-state index contributed by atoms with van der Waals surface area (Å²) in [7, 11) is -7.51. The molecular formula is C16H50Si8. The van der Waals surface area contributed by atoms with Crippen LogP contribution in [0.3, 0.4) is 0 Å². The number of hydrogen-bond acceptors (Lipinski definition) is 0. The lowest BCUT2D eigenvalue weighted by Gasteiger charge is -2.63. The molecule has 0 nitrogen and oxygen atoms in total. The topological polar surface area (TPSA) is 0 Å². The van der Waals surface area contributed by atoms with Crippen molar-refractivity contribution in [3.05, 3.63) is 0 Å². The Labute approximate surface area is 163 Å². The second kappa shape index (κ2) is 7.29. The minimum Gasteiger partial charge on any atom is -0.0743 e. The van der Waals surface area contributed by atoms with E-state index in [4.69, 9.17) is 0 Å². The molecule has 146 valence electrons. The van der Waals surface area contributed by atoms with E-state index in [1.54, 1.807) is 0 Å². The van der Waals surface area contributed by atoms with Crippen molar-refractivity contribution < 1.29 is 0 Å². The van der Waals surface area contributed by atoms with Crippen LogP contribution in [0.25, 0.3) is 0 Å².